The molecule has 38 heavy (non-hydrogen) atoms. The summed E-state index contributed by atoms with van der Waals surface area (Å²) in [5.41, 5.74) is -0.801. The van der Waals surface area contributed by atoms with Crippen LogP contribution in [0.15, 0.2) is 30.3 Å². The van der Waals surface area contributed by atoms with Crippen LogP contribution >= 0.6 is 0 Å². The molecular formula is C22H14F9NO5S. The van der Waals surface area contributed by atoms with Crippen molar-refractivity contribution in [3.05, 3.63) is 47.0 Å². The second-order valence-electron chi connectivity index (χ2n) is 7.89. The third-order valence-corrected chi connectivity index (χ3v) is 6.58. The Kier molecular flexibility index (Phi) is 7.27. The van der Waals surface area contributed by atoms with Crippen LogP contribution in [0.1, 0.15) is 52.5 Å². The number of amides is 2. The highest BCUT2D eigenvalue weighted by molar-refractivity contribution is 7.87. The van der Waals surface area contributed by atoms with E-state index in [1.165, 1.54) is 18.2 Å². The van der Waals surface area contributed by atoms with Crippen LogP contribution in [-0.4, -0.2) is 48.6 Å². The number of benzene rings is 2. The Bertz CT molecular complexity index is 1450. The van der Waals surface area contributed by atoms with Crippen LogP contribution in [0.5, 0.6) is 0 Å². The van der Waals surface area contributed by atoms with Crippen molar-refractivity contribution in [2.45, 2.75) is 49.5 Å². The van der Waals surface area contributed by atoms with Gasteiger partial charge in [-0.05, 0) is 30.0 Å². The van der Waals surface area contributed by atoms with Crippen LogP contribution in [0.25, 0.3) is 10.8 Å². The van der Waals surface area contributed by atoms with Gasteiger partial charge >= 0.3 is 33.4 Å². The summed E-state index contributed by atoms with van der Waals surface area (Å²) in [4.78, 5) is 25.5. The van der Waals surface area contributed by atoms with E-state index in [9.17, 15) is 57.5 Å². The lowest BCUT2D eigenvalue weighted by Crippen LogP contribution is -2.64. The van der Waals surface area contributed by atoms with E-state index in [-0.39, 0.29) is 10.8 Å². The third kappa shape index (κ3) is 4.37. The van der Waals surface area contributed by atoms with Gasteiger partial charge in [-0.15, -0.1) is 9.35 Å². The molecule has 0 atom stereocenters. The molecular weight excluding hydrogens is 561 g/mol. The quantitative estimate of drug-likeness (QED) is 0.184. The Hall–Kier alpha value is -3.32. The molecule has 0 fully saturated rings. The number of carbonyl (C=O) groups excluding carboxylic acids is 2. The predicted molar refractivity (Wildman–Crippen MR) is 112 cm³/mol. The minimum Gasteiger partial charge on any atom is -0.266 e. The maximum atomic E-state index is 14.1. The molecule has 0 aromatic heterocycles. The van der Waals surface area contributed by atoms with Crippen molar-refractivity contribution in [3.8, 4) is 11.8 Å². The minimum absolute atomic E-state index is 0.136. The molecule has 0 saturated heterocycles. The van der Waals surface area contributed by atoms with Crippen molar-refractivity contribution >= 4 is 32.7 Å². The topological polar surface area (TPSA) is 80.8 Å². The lowest BCUT2D eigenvalue weighted by atomic mass is 9.92. The van der Waals surface area contributed by atoms with E-state index < -0.39 is 61.4 Å². The fourth-order valence-electron chi connectivity index (χ4n) is 3.34. The Morgan fingerprint density at radius 1 is 0.868 bits per heavy atom. The van der Waals surface area contributed by atoms with Crippen LogP contribution in [0, 0.1) is 11.8 Å². The average molecular weight is 575 g/mol. The van der Waals surface area contributed by atoms with Gasteiger partial charge in [0.05, 0.1) is 11.1 Å². The summed E-state index contributed by atoms with van der Waals surface area (Å²) in [5.74, 6) is -13.1. The Balaban J connectivity index is 2.05. The van der Waals surface area contributed by atoms with Crippen LogP contribution in [0.4, 0.5) is 39.5 Å². The zero-order valence-electron chi connectivity index (χ0n) is 18.8. The lowest BCUT2D eigenvalue weighted by molar-refractivity contribution is -0.383. The van der Waals surface area contributed by atoms with Crippen LogP contribution < -0.4 is 0 Å². The van der Waals surface area contributed by atoms with E-state index >= 15 is 0 Å². The number of imide groups is 1. The van der Waals surface area contributed by atoms with Crippen molar-refractivity contribution < 1.29 is 61.8 Å². The van der Waals surface area contributed by atoms with Crippen molar-refractivity contribution in [3.63, 3.8) is 0 Å². The molecule has 2 amide bonds. The second-order valence-corrected chi connectivity index (χ2v) is 9.46. The number of hydrogen-bond donors (Lipinski definition) is 0. The highest BCUT2D eigenvalue weighted by Crippen LogP contribution is 2.55. The Morgan fingerprint density at radius 3 is 2.00 bits per heavy atom. The van der Waals surface area contributed by atoms with Gasteiger partial charge in [-0.2, -0.15) is 47.9 Å². The lowest BCUT2D eigenvalue weighted by Gasteiger charge is -2.33. The summed E-state index contributed by atoms with van der Waals surface area (Å²) in [6.07, 6.45) is -5.19. The Labute approximate surface area is 208 Å². The maximum absolute atomic E-state index is 14.1. The summed E-state index contributed by atoms with van der Waals surface area (Å²) >= 11 is 0. The second kappa shape index (κ2) is 9.45. The van der Waals surface area contributed by atoms with Crippen LogP contribution in [-0.2, 0) is 14.4 Å². The maximum Gasteiger partial charge on any atom is 0.460 e. The molecule has 0 N–H and O–H groups in total. The number of nitrogens with zero attached hydrogens (tertiary/aromatic N) is 1. The van der Waals surface area contributed by atoms with E-state index in [4.69, 9.17) is 0 Å². The van der Waals surface area contributed by atoms with Crippen molar-refractivity contribution in [2.24, 2.45) is 0 Å². The molecule has 0 radical (unpaired) electrons. The summed E-state index contributed by atoms with van der Waals surface area (Å²) in [7, 11) is -7.53. The summed E-state index contributed by atoms with van der Waals surface area (Å²) in [5, 5.41) is -8.14. The first-order valence-corrected chi connectivity index (χ1v) is 11.8. The van der Waals surface area contributed by atoms with Gasteiger partial charge in [0.15, 0.2) is 0 Å². The molecule has 1 aliphatic heterocycles. The molecule has 0 aliphatic carbocycles. The van der Waals surface area contributed by atoms with Gasteiger partial charge in [-0.25, -0.2) is 0 Å². The predicted octanol–water partition coefficient (Wildman–Crippen LogP) is 5.66. The highest BCUT2D eigenvalue weighted by atomic mass is 32.2. The molecule has 6 nitrogen and oxygen atoms in total. The minimum atomic E-state index is -7.61. The number of unbranched alkanes of at least 4 members (excludes halogenated alkanes) is 2. The molecule has 16 heteroatoms. The van der Waals surface area contributed by atoms with Crippen molar-refractivity contribution in [1.82, 2.24) is 5.06 Å². The van der Waals surface area contributed by atoms with Crippen LogP contribution in [0.3, 0.4) is 0 Å². The molecule has 1 aliphatic rings. The van der Waals surface area contributed by atoms with Crippen molar-refractivity contribution in [2.75, 3.05) is 0 Å². The molecule has 0 bridgehead atoms. The normalized spacial score (nSPS) is 15.1. The number of halogens is 9. The van der Waals surface area contributed by atoms with E-state index in [1.54, 1.807) is 0 Å². The molecule has 0 saturated carbocycles. The van der Waals surface area contributed by atoms with Gasteiger partial charge in [-0.1, -0.05) is 37.3 Å². The van der Waals surface area contributed by atoms with Gasteiger partial charge in [0, 0.05) is 17.4 Å². The summed E-state index contributed by atoms with van der Waals surface area (Å²) in [6.45, 7) is 1.92. The standard InChI is InChI=1S/C22H14F9NO5S/c1-2-3-4-5-7-12-10-11-15-16-13(12)8-6-9-14(16)17(33)32(18(15)34)37-38(35,36)22(30,31)20(25,26)19(23,24)21(27,28)29/h6,8-11H,2-4H2,1H3. The average Bonchev–Trinajstić information content (AvgIpc) is 2.82. The largest absolute Gasteiger partial charge is 0.460 e. The van der Waals surface area contributed by atoms with Gasteiger partial charge in [0.2, 0.25) is 0 Å². The number of rotatable bonds is 7. The van der Waals surface area contributed by atoms with Gasteiger partial charge in [0.25, 0.3) is 11.8 Å². The molecule has 2 aromatic carbocycles. The molecule has 2 aromatic rings. The number of hydroxylamine groups is 2. The fraction of sp³-hybridized carbons (Fsp3) is 0.364. The number of carbonyl (C=O) groups is 2. The molecule has 1 heterocycles. The fourth-order valence-corrected chi connectivity index (χ4v) is 4.20. The monoisotopic (exact) mass is 575 g/mol. The Morgan fingerprint density at radius 2 is 1.45 bits per heavy atom. The first-order chi connectivity index (χ1) is 17.3. The molecule has 206 valence electrons. The first-order valence-electron chi connectivity index (χ1n) is 10.4. The number of hydrogen-bond acceptors (Lipinski definition) is 5. The zero-order chi connectivity index (χ0) is 28.9. The SMILES string of the molecule is CCCCC#Cc1ccc2c3c(cccc13)C(=O)N(OS(=O)(=O)C(F)(F)C(F)(F)C(F)(F)C(F)(F)F)C2=O. The van der Waals surface area contributed by atoms with E-state index in [0.717, 1.165) is 25.0 Å². The van der Waals surface area contributed by atoms with E-state index in [2.05, 4.69) is 16.1 Å². The summed E-state index contributed by atoms with van der Waals surface area (Å²) < 4.78 is 146. The zero-order valence-corrected chi connectivity index (χ0v) is 19.6. The van der Waals surface area contributed by atoms with Crippen molar-refractivity contribution in [1.29, 1.82) is 0 Å². The number of alkyl halides is 9. The molecule has 0 spiro atoms. The van der Waals surface area contributed by atoms with E-state index in [0.29, 0.717) is 12.0 Å². The van der Waals surface area contributed by atoms with Gasteiger partial charge in [-0.3, -0.25) is 9.59 Å². The smallest absolute Gasteiger partial charge is 0.266 e. The molecule has 0 unspecified atom stereocenters. The molecule has 3 rings (SSSR count). The van der Waals surface area contributed by atoms with Gasteiger partial charge < -0.3 is 0 Å². The van der Waals surface area contributed by atoms with Crippen LogP contribution in [0.2, 0.25) is 0 Å². The first kappa shape index (κ1) is 29.2. The van der Waals surface area contributed by atoms with E-state index in [1.807, 2.05) is 6.92 Å². The third-order valence-electron chi connectivity index (χ3n) is 5.35. The highest BCUT2D eigenvalue weighted by Gasteiger charge is 2.86. The summed E-state index contributed by atoms with van der Waals surface area (Å²) in [6, 6.07) is 5.83. The van der Waals surface area contributed by atoms with Gasteiger partial charge in [0.1, 0.15) is 0 Å².